The van der Waals surface area contributed by atoms with Gasteiger partial charge in [0.2, 0.25) is 11.3 Å². The first-order chi connectivity index (χ1) is 12.2. The summed E-state index contributed by atoms with van der Waals surface area (Å²) in [4.78, 5) is 38.2. The zero-order valence-electron chi connectivity index (χ0n) is 15.0. The van der Waals surface area contributed by atoms with Crippen molar-refractivity contribution in [1.29, 1.82) is 5.26 Å². The first-order valence-electron chi connectivity index (χ1n) is 7.83. The third kappa shape index (κ3) is 4.24. The molecule has 1 N–H and O–H groups in total. The Labute approximate surface area is 155 Å². The normalized spacial score (nSPS) is 10.4. The van der Waals surface area contributed by atoms with Crippen molar-refractivity contribution in [2.24, 2.45) is 7.05 Å². The molecule has 2 rings (SSSR count). The van der Waals surface area contributed by atoms with Crippen molar-refractivity contribution >= 4 is 23.5 Å². The molecule has 2 heterocycles. The molecule has 0 bridgehead atoms. The fourth-order valence-corrected chi connectivity index (χ4v) is 3.31. The van der Waals surface area contributed by atoms with E-state index >= 15 is 0 Å². The molecule has 7 nitrogen and oxygen atoms in total. The molecule has 0 radical (unpaired) electrons. The van der Waals surface area contributed by atoms with E-state index in [0.29, 0.717) is 21.7 Å². The summed E-state index contributed by atoms with van der Waals surface area (Å²) in [7, 11) is 1.86. The molecule has 0 unspecified atom stereocenters. The van der Waals surface area contributed by atoms with E-state index in [2.05, 4.69) is 4.98 Å². The SMILES string of the molecule is Cc1cc(=O)[nH]c(SCC(=O)OCC(=O)c2cc(C)n(C)c2C)c1C#N. The van der Waals surface area contributed by atoms with Crippen molar-refractivity contribution in [3.05, 3.63) is 50.6 Å². The lowest BCUT2D eigenvalue weighted by Crippen LogP contribution is -2.16. The number of aromatic nitrogens is 2. The minimum atomic E-state index is -0.597. The van der Waals surface area contributed by atoms with Gasteiger partial charge >= 0.3 is 5.97 Å². The van der Waals surface area contributed by atoms with Crippen LogP contribution in [-0.2, 0) is 16.6 Å². The van der Waals surface area contributed by atoms with Crippen molar-refractivity contribution in [2.45, 2.75) is 25.8 Å². The van der Waals surface area contributed by atoms with Crippen LogP contribution >= 0.6 is 11.8 Å². The standard InChI is InChI=1S/C18H19N3O4S/c1-10-5-16(23)20-18(14(10)7-19)26-9-17(24)25-8-15(22)13-6-11(2)21(4)12(13)3/h5-6H,8-9H2,1-4H3,(H,20,23). The Kier molecular flexibility index (Phi) is 6.05. The van der Waals surface area contributed by atoms with Crippen molar-refractivity contribution in [2.75, 3.05) is 12.4 Å². The van der Waals surface area contributed by atoms with Crippen LogP contribution in [0.15, 0.2) is 22.0 Å². The van der Waals surface area contributed by atoms with Gasteiger partial charge in [0.1, 0.15) is 6.07 Å². The summed E-state index contributed by atoms with van der Waals surface area (Å²) in [6, 6.07) is 5.08. The third-order valence-electron chi connectivity index (χ3n) is 4.09. The number of carbonyl (C=O) groups excluding carboxylic acids is 2. The Morgan fingerprint density at radius 3 is 2.58 bits per heavy atom. The second kappa shape index (κ2) is 8.06. The van der Waals surface area contributed by atoms with Crippen LogP contribution in [0.3, 0.4) is 0 Å². The van der Waals surface area contributed by atoms with Gasteiger partial charge in [-0.1, -0.05) is 11.8 Å². The van der Waals surface area contributed by atoms with E-state index in [-0.39, 0.29) is 23.7 Å². The number of thioether (sulfide) groups is 1. The lowest BCUT2D eigenvalue weighted by atomic mass is 10.1. The Hall–Kier alpha value is -2.79. The Bertz CT molecular complexity index is 966. The highest BCUT2D eigenvalue weighted by Crippen LogP contribution is 2.21. The van der Waals surface area contributed by atoms with E-state index in [1.54, 1.807) is 13.0 Å². The lowest BCUT2D eigenvalue weighted by molar-refractivity contribution is -0.139. The quantitative estimate of drug-likeness (QED) is 0.472. The summed E-state index contributed by atoms with van der Waals surface area (Å²) >= 11 is 0.997. The van der Waals surface area contributed by atoms with Crippen LogP contribution in [-0.4, -0.2) is 33.7 Å². The average molecular weight is 373 g/mol. The van der Waals surface area contributed by atoms with Crippen LogP contribution in [0.4, 0.5) is 0 Å². The Balaban J connectivity index is 1.96. The highest BCUT2D eigenvalue weighted by molar-refractivity contribution is 7.99. The van der Waals surface area contributed by atoms with Gasteiger partial charge in [-0.3, -0.25) is 14.4 Å². The number of esters is 1. The maximum atomic E-state index is 12.2. The molecule has 0 amide bonds. The number of ketones is 1. The number of ether oxygens (including phenoxy) is 1. The number of Topliss-reactive ketones (excluding diaryl/α,β-unsaturated/α-hetero) is 1. The smallest absolute Gasteiger partial charge is 0.316 e. The molecule has 2 aromatic heterocycles. The first-order valence-corrected chi connectivity index (χ1v) is 8.81. The fourth-order valence-electron chi connectivity index (χ4n) is 2.44. The number of hydrogen-bond acceptors (Lipinski definition) is 6. The highest BCUT2D eigenvalue weighted by atomic mass is 32.2. The lowest BCUT2D eigenvalue weighted by Gasteiger charge is -2.07. The number of carbonyl (C=O) groups is 2. The maximum Gasteiger partial charge on any atom is 0.316 e. The predicted molar refractivity (Wildman–Crippen MR) is 97.4 cm³/mol. The molecule has 0 atom stereocenters. The number of nitriles is 1. The molecular weight excluding hydrogens is 354 g/mol. The number of hydrogen-bond donors (Lipinski definition) is 1. The third-order valence-corrected chi connectivity index (χ3v) is 5.07. The molecular formula is C18H19N3O4S. The second-order valence-electron chi connectivity index (χ2n) is 5.85. The molecule has 0 fully saturated rings. The summed E-state index contributed by atoms with van der Waals surface area (Å²) in [6.45, 7) is 5.02. The molecule has 0 aromatic carbocycles. The van der Waals surface area contributed by atoms with E-state index in [9.17, 15) is 14.4 Å². The summed E-state index contributed by atoms with van der Waals surface area (Å²) in [5, 5.41) is 9.47. The van der Waals surface area contributed by atoms with Crippen molar-refractivity contribution in [3.63, 3.8) is 0 Å². The predicted octanol–water partition coefficient (Wildman–Crippen LogP) is 2.03. The average Bonchev–Trinajstić information content (AvgIpc) is 2.85. The van der Waals surface area contributed by atoms with Gasteiger partial charge in [-0.05, 0) is 32.4 Å². The molecule has 0 aliphatic heterocycles. The Morgan fingerprint density at radius 2 is 2.00 bits per heavy atom. The summed E-state index contributed by atoms with van der Waals surface area (Å²) in [6.07, 6.45) is 0. The largest absolute Gasteiger partial charge is 0.457 e. The second-order valence-corrected chi connectivity index (χ2v) is 6.83. The maximum absolute atomic E-state index is 12.2. The first kappa shape index (κ1) is 19.5. The fraction of sp³-hybridized carbons (Fsp3) is 0.333. The van der Waals surface area contributed by atoms with Crippen LogP contribution in [0.2, 0.25) is 0 Å². The van der Waals surface area contributed by atoms with Crippen LogP contribution in [0.1, 0.15) is 32.9 Å². The number of nitrogens with one attached hydrogen (secondary N) is 1. The zero-order chi connectivity index (χ0) is 19.4. The van der Waals surface area contributed by atoms with E-state index < -0.39 is 5.97 Å². The van der Waals surface area contributed by atoms with Crippen LogP contribution in [0.25, 0.3) is 0 Å². The summed E-state index contributed by atoms with van der Waals surface area (Å²) in [5.74, 6) is -0.986. The molecule has 0 saturated heterocycles. The number of H-pyrrole nitrogens is 1. The van der Waals surface area contributed by atoms with E-state index in [1.807, 2.05) is 31.5 Å². The molecule has 0 saturated carbocycles. The van der Waals surface area contributed by atoms with Crippen molar-refractivity contribution in [3.8, 4) is 6.07 Å². The van der Waals surface area contributed by atoms with Gasteiger partial charge < -0.3 is 14.3 Å². The molecule has 0 spiro atoms. The van der Waals surface area contributed by atoms with Gasteiger partial charge in [-0.2, -0.15) is 5.26 Å². The molecule has 136 valence electrons. The van der Waals surface area contributed by atoms with Crippen molar-refractivity contribution in [1.82, 2.24) is 9.55 Å². The molecule has 8 heteroatoms. The number of rotatable bonds is 6. The molecule has 0 aliphatic carbocycles. The topological polar surface area (TPSA) is 105 Å². The van der Waals surface area contributed by atoms with Crippen LogP contribution in [0, 0.1) is 32.1 Å². The van der Waals surface area contributed by atoms with Gasteiger partial charge in [0.05, 0.1) is 16.3 Å². The summed E-state index contributed by atoms with van der Waals surface area (Å²) < 4.78 is 6.92. The van der Waals surface area contributed by atoms with Crippen LogP contribution < -0.4 is 5.56 Å². The number of nitrogens with zero attached hydrogens (tertiary/aromatic N) is 2. The van der Waals surface area contributed by atoms with Gasteiger partial charge in [0.25, 0.3) is 0 Å². The molecule has 0 aliphatic rings. The van der Waals surface area contributed by atoms with Crippen molar-refractivity contribution < 1.29 is 14.3 Å². The summed E-state index contributed by atoms with van der Waals surface area (Å²) in [5.41, 5.74) is 2.79. The van der Waals surface area contributed by atoms with Gasteiger partial charge in [-0.15, -0.1) is 0 Å². The number of aromatic amines is 1. The molecule has 26 heavy (non-hydrogen) atoms. The number of pyridine rings is 1. The Morgan fingerprint density at radius 1 is 1.31 bits per heavy atom. The van der Waals surface area contributed by atoms with E-state index in [4.69, 9.17) is 10.00 Å². The van der Waals surface area contributed by atoms with Gasteiger partial charge in [0, 0.05) is 30.1 Å². The molecule has 2 aromatic rings. The van der Waals surface area contributed by atoms with E-state index in [1.165, 1.54) is 6.07 Å². The van der Waals surface area contributed by atoms with Gasteiger partial charge in [-0.25, -0.2) is 0 Å². The number of aryl methyl sites for hydroxylation is 2. The monoisotopic (exact) mass is 373 g/mol. The highest BCUT2D eigenvalue weighted by Gasteiger charge is 2.17. The minimum absolute atomic E-state index is 0.117. The minimum Gasteiger partial charge on any atom is -0.457 e. The van der Waals surface area contributed by atoms with Crippen LogP contribution in [0.5, 0.6) is 0 Å². The van der Waals surface area contributed by atoms with Gasteiger partial charge in [0.15, 0.2) is 6.61 Å². The zero-order valence-corrected chi connectivity index (χ0v) is 15.8. The van der Waals surface area contributed by atoms with E-state index in [0.717, 1.165) is 23.1 Å².